The smallest absolute Gasteiger partial charge is 0.336 e. The maximum Gasteiger partial charge on any atom is 0.336 e. The summed E-state index contributed by atoms with van der Waals surface area (Å²) >= 11 is 0. The van der Waals surface area contributed by atoms with Crippen LogP contribution in [0.1, 0.15) is 16.8 Å². The Morgan fingerprint density at radius 2 is 1.78 bits per heavy atom. The van der Waals surface area contributed by atoms with Crippen LogP contribution in [0.3, 0.4) is 0 Å². The van der Waals surface area contributed by atoms with E-state index in [2.05, 4.69) is 10.3 Å². The molecule has 0 fully saturated rings. The second kappa shape index (κ2) is 7.36. The molecule has 0 saturated carbocycles. The van der Waals surface area contributed by atoms with Crippen molar-refractivity contribution in [3.05, 3.63) is 59.8 Å². The molecule has 8 heteroatoms. The number of fused-ring (bicyclic) bond motifs is 1. The molecule has 27 heavy (non-hydrogen) atoms. The van der Waals surface area contributed by atoms with E-state index in [9.17, 15) is 23.5 Å². The highest BCUT2D eigenvalue weighted by atomic mass is 19.1. The summed E-state index contributed by atoms with van der Waals surface area (Å²) in [6.45, 7) is 0.0410. The number of carboxylic acid groups (broad SMARTS) is 2. The quantitative estimate of drug-likeness (QED) is 0.609. The number of aromatic carboxylic acids is 1. The maximum absolute atomic E-state index is 13.6. The molecule has 1 aromatic heterocycles. The van der Waals surface area contributed by atoms with Gasteiger partial charge in [-0.15, -0.1) is 0 Å². The van der Waals surface area contributed by atoms with Gasteiger partial charge < -0.3 is 15.5 Å². The van der Waals surface area contributed by atoms with Crippen LogP contribution >= 0.6 is 0 Å². The molecule has 0 amide bonds. The lowest BCUT2D eigenvalue weighted by atomic mass is 9.97. The maximum atomic E-state index is 13.6. The molecule has 2 aromatic carbocycles. The Kier molecular flexibility index (Phi) is 4.98. The molecule has 0 aliphatic heterocycles. The Morgan fingerprint density at radius 3 is 2.41 bits per heavy atom. The molecule has 0 unspecified atom stereocenters. The van der Waals surface area contributed by atoms with Gasteiger partial charge in [-0.3, -0.25) is 4.79 Å². The van der Waals surface area contributed by atoms with E-state index in [0.29, 0.717) is 10.9 Å². The summed E-state index contributed by atoms with van der Waals surface area (Å²) in [4.78, 5) is 26.5. The van der Waals surface area contributed by atoms with Gasteiger partial charge in [0.05, 0.1) is 12.0 Å². The molecule has 3 rings (SSSR count). The average molecular weight is 372 g/mol. The van der Waals surface area contributed by atoms with Gasteiger partial charge in [-0.05, 0) is 29.1 Å². The lowest BCUT2D eigenvalue weighted by Gasteiger charge is -2.14. The zero-order valence-corrected chi connectivity index (χ0v) is 13.9. The molecule has 1 heterocycles. The number of carboxylic acids is 2. The third-order valence-corrected chi connectivity index (χ3v) is 3.95. The lowest BCUT2D eigenvalue weighted by Crippen LogP contribution is -2.10. The fraction of sp³-hybridized carbons (Fsp3) is 0.105. The molecular formula is C19H14F2N2O4. The Hall–Kier alpha value is -3.55. The molecule has 3 N–H and O–H groups in total. The minimum absolute atomic E-state index is 0.0410. The van der Waals surface area contributed by atoms with Crippen LogP contribution < -0.4 is 5.32 Å². The van der Waals surface area contributed by atoms with Crippen molar-refractivity contribution in [2.45, 2.75) is 6.42 Å². The zero-order valence-electron chi connectivity index (χ0n) is 13.9. The van der Waals surface area contributed by atoms with E-state index in [0.717, 1.165) is 18.2 Å². The number of pyridine rings is 1. The number of hydrogen-bond acceptors (Lipinski definition) is 4. The van der Waals surface area contributed by atoms with Gasteiger partial charge in [0, 0.05) is 29.8 Å². The van der Waals surface area contributed by atoms with Crippen molar-refractivity contribution in [3.8, 4) is 11.1 Å². The summed E-state index contributed by atoms with van der Waals surface area (Å²) in [5.74, 6) is -3.57. The molecule has 0 bridgehead atoms. The van der Waals surface area contributed by atoms with Crippen molar-refractivity contribution < 1.29 is 28.6 Å². The molecule has 3 aromatic rings. The first-order chi connectivity index (χ1) is 12.9. The summed E-state index contributed by atoms with van der Waals surface area (Å²) in [6.07, 6.45) is 1.18. The van der Waals surface area contributed by atoms with Crippen molar-refractivity contribution in [2.24, 2.45) is 0 Å². The van der Waals surface area contributed by atoms with E-state index in [1.54, 1.807) is 6.07 Å². The van der Waals surface area contributed by atoms with Crippen LogP contribution in [0.5, 0.6) is 0 Å². The molecule has 0 atom stereocenters. The van der Waals surface area contributed by atoms with Crippen LogP contribution in [0.15, 0.2) is 42.6 Å². The molecular weight excluding hydrogens is 358 g/mol. The largest absolute Gasteiger partial charge is 0.481 e. The van der Waals surface area contributed by atoms with Crippen LogP contribution in [-0.2, 0) is 4.79 Å². The summed E-state index contributed by atoms with van der Waals surface area (Å²) in [6, 6.07) is 7.51. The Bertz CT molecular complexity index is 1030. The molecule has 0 saturated heterocycles. The topological polar surface area (TPSA) is 99.5 Å². The number of benzene rings is 2. The second-order valence-electron chi connectivity index (χ2n) is 5.78. The SMILES string of the molecule is O=C(O)CCNc1ncc(-c2cc(F)cc(F)c2)c2cccc(C(=O)O)c12. The summed E-state index contributed by atoms with van der Waals surface area (Å²) in [5, 5.41) is 21.7. The summed E-state index contributed by atoms with van der Waals surface area (Å²) < 4.78 is 27.2. The zero-order chi connectivity index (χ0) is 19.6. The highest BCUT2D eigenvalue weighted by Crippen LogP contribution is 2.34. The van der Waals surface area contributed by atoms with Crippen molar-refractivity contribution in [1.29, 1.82) is 0 Å². The highest BCUT2D eigenvalue weighted by Gasteiger charge is 2.17. The van der Waals surface area contributed by atoms with E-state index in [4.69, 9.17) is 5.11 Å². The number of rotatable bonds is 6. The van der Waals surface area contributed by atoms with Gasteiger partial charge in [-0.25, -0.2) is 18.6 Å². The van der Waals surface area contributed by atoms with Crippen molar-refractivity contribution in [1.82, 2.24) is 4.98 Å². The Morgan fingerprint density at radius 1 is 1.07 bits per heavy atom. The number of nitrogens with zero attached hydrogens (tertiary/aromatic N) is 1. The normalized spacial score (nSPS) is 10.7. The van der Waals surface area contributed by atoms with Crippen LogP contribution in [0, 0.1) is 11.6 Å². The predicted octanol–water partition coefficient (Wildman–Crippen LogP) is 3.76. The third-order valence-electron chi connectivity index (χ3n) is 3.95. The first kappa shape index (κ1) is 18.2. The van der Waals surface area contributed by atoms with Gasteiger partial charge in [0.1, 0.15) is 17.5 Å². The van der Waals surface area contributed by atoms with Gasteiger partial charge in [0.15, 0.2) is 0 Å². The summed E-state index contributed by atoms with van der Waals surface area (Å²) in [7, 11) is 0. The monoisotopic (exact) mass is 372 g/mol. The van der Waals surface area contributed by atoms with Crippen LogP contribution in [0.25, 0.3) is 21.9 Å². The van der Waals surface area contributed by atoms with Crippen LogP contribution in [0.4, 0.5) is 14.6 Å². The average Bonchev–Trinajstić information content (AvgIpc) is 2.60. The fourth-order valence-corrected chi connectivity index (χ4v) is 2.83. The number of aliphatic carboxylic acids is 1. The highest BCUT2D eigenvalue weighted by molar-refractivity contribution is 6.12. The van der Waals surface area contributed by atoms with E-state index in [-0.39, 0.29) is 35.3 Å². The first-order valence-corrected chi connectivity index (χ1v) is 7.94. The third kappa shape index (κ3) is 3.84. The van der Waals surface area contributed by atoms with Crippen molar-refractivity contribution in [2.75, 3.05) is 11.9 Å². The number of anilines is 1. The van der Waals surface area contributed by atoms with Crippen molar-refractivity contribution >= 4 is 28.5 Å². The van der Waals surface area contributed by atoms with Gasteiger partial charge >= 0.3 is 11.9 Å². The molecule has 0 aliphatic carbocycles. The van der Waals surface area contributed by atoms with Crippen LogP contribution in [-0.4, -0.2) is 33.7 Å². The minimum Gasteiger partial charge on any atom is -0.481 e. The molecule has 0 spiro atoms. The summed E-state index contributed by atoms with van der Waals surface area (Å²) in [5.41, 5.74) is 0.511. The number of nitrogens with one attached hydrogen (secondary N) is 1. The first-order valence-electron chi connectivity index (χ1n) is 7.94. The predicted molar refractivity (Wildman–Crippen MR) is 94.8 cm³/mol. The van der Waals surface area contributed by atoms with Gasteiger partial charge in [0.25, 0.3) is 0 Å². The van der Waals surface area contributed by atoms with E-state index in [1.807, 2.05) is 0 Å². The van der Waals surface area contributed by atoms with E-state index < -0.39 is 23.6 Å². The molecule has 0 aliphatic rings. The second-order valence-corrected chi connectivity index (χ2v) is 5.78. The Balaban J connectivity index is 2.21. The Labute approximate surface area is 152 Å². The fourth-order valence-electron chi connectivity index (χ4n) is 2.83. The van der Waals surface area contributed by atoms with Crippen LogP contribution in [0.2, 0.25) is 0 Å². The number of carbonyl (C=O) groups is 2. The molecule has 0 radical (unpaired) electrons. The van der Waals surface area contributed by atoms with Gasteiger partial charge in [-0.1, -0.05) is 12.1 Å². The molecule has 6 nitrogen and oxygen atoms in total. The number of aromatic nitrogens is 1. The van der Waals surface area contributed by atoms with E-state index in [1.165, 1.54) is 18.3 Å². The van der Waals surface area contributed by atoms with Crippen molar-refractivity contribution in [3.63, 3.8) is 0 Å². The number of hydrogen-bond donors (Lipinski definition) is 3. The van der Waals surface area contributed by atoms with Gasteiger partial charge in [-0.2, -0.15) is 0 Å². The van der Waals surface area contributed by atoms with E-state index >= 15 is 0 Å². The lowest BCUT2D eigenvalue weighted by molar-refractivity contribution is -0.136. The molecule has 138 valence electrons. The standard InChI is InChI=1S/C19H14F2N2O4/c20-11-6-10(7-12(21)8-11)15-9-23-18(22-5-4-16(24)25)17-13(15)2-1-3-14(17)19(26)27/h1-3,6-9H,4-5H2,(H,22,23)(H,24,25)(H,26,27). The minimum atomic E-state index is -1.20. The number of halogens is 2. The van der Waals surface area contributed by atoms with Gasteiger partial charge in [0.2, 0.25) is 0 Å².